The summed E-state index contributed by atoms with van der Waals surface area (Å²) in [5.74, 6) is 1.17. The Morgan fingerprint density at radius 1 is 1.11 bits per heavy atom. The predicted molar refractivity (Wildman–Crippen MR) is 146 cm³/mol. The van der Waals surface area contributed by atoms with Gasteiger partial charge in [-0.1, -0.05) is 37.3 Å². The van der Waals surface area contributed by atoms with Crippen molar-refractivity contribution in [3.05, 3.63) is 82.9 Å². The lowest BCUT2D eigenvalue weighted by Crippen LogP contribution is -2.29. The number of fused-ring (bicyclic) bond motifs is 2. The number of para-hydroxylation sites is 1. The van der Waals surface area contributed by atoms with Crippen LogP contribution in [0.4, 0.5) is 5.82 Å². The van der Waals surface area contributed by atoms with Crippen LogP contribution >= 0.6 is 0 Å². The maximum atomic E-state index is 14.0. The van der Waals surface area contributed by atoms with E-state index in [1.165, 1.54) is 6.33 Å². The average molecular weight is 511 g/mol. The zero-order chi connectivity index (χ0) is 26.1. The summed E-state index contributed by atoms with van der Waals surface area (Å²) >= 11 is 0. The number of aromatic nitrogens is 6. The van der Waals surface area contributed by atoms with Crippen molar-refractivity contribution in [3.63, 3.8) is 0 Å². The van der Waals surface area contributed by atoms with Crippen LogP contribution in [0.3, 0.4) is 0 Å². The minimum absolute atomic E-state index is 0.0828. The van der Waals surface area contributed by atoms with Gasteiger partial charge in [-0.25, -0.2) is 19.9 Å². The molecule has 38 heavy (non-hydrogen) atoms. The van der Waals surface area contributed by atoms with Crippen LogP contribution in [0.5, 0.6) is 0 Å². The van der Waals surface area contributed by atoms with Crippen molar-refractivity contribution in [2.75, 3.05) is 11.9 Å². The summed E-state index contributed by atoms with van der Waals surface area (Å²) in [6, 6.07) is 14.8. The fourth-order valence-electron chi connectivity index (χ4n) is 5.17. The molecule has 10 nitrogen and oxygen atoms in total. The third-order valence-corrected chi connectivity index (χ3v) is 7.10. The van der Waals surface area contributed by atoms with E-state index >= 15 is 0 Å². The van der Waals surface area contributed by atoms with Gasteiger partial charge in [-0.15, -0.1) is 0 Å². The first-order valence-electron chi connectivity index (χ1n) is 13.0. The third-order valence-electron chi connectivity index (χ3n) is 7.10. The summed E-state index contributed by atoms with van der Waals surface area (Å²) in [7, 11) is 0. The Morgan fingerprint density at radius 2 is 1.97 bits per heavy atom. The molecular formula is C28H30N8O2. The molecule has 2 unspecified atom stereocenters. The smallest absolute Gasteiger partial charge is 0.266 e. The van der Waals surface area contributed by atoms with Crippen molar-refractivity contribution in [2.45, 2.75) is 51.4 Å². The molecule has 0 saturated carbocycles. The SMILES string of the molecule is CCC(Nc1ncnc2c1ncn2C1CCCCO1)c1nc2cccc(CN)c2c(=O)n1-c1ccccc1. The zero-order valence-corrected chi connectivity index (χ0v) is 21.2. The van der Waals surface area contributed by atoms with Crippen LogP contribution in [0.1, 0.15) is 56.3 Å². The number of nitrogens with two attached hydrogens (primary N) is 1. The van der Waals surface area contributed by atoms with Crippen molar-refractivity contribution in [1.82, 2.24) is 29.1 Å². The Morgan fingerprint density at radius 3 is 2.74 bits per heavy atom. The van der Waals surface area contributed by atoms with E-state index in [2.05, 4.69) is 20.3 Å². The lowest BCUT2D eigenvalue weighted by Gasteiger charge is -2.24. The highest BCUT2D eigenvalue weighted by molar-refractivity contribution is 5.84. The van der Waals surface area contributed by atoms with E-state index in [1.54, 1.807) is 10.9 Å². The first kappa shape index (κ1) is 24.2. The molecule has 1 saturated heterocycles. The topological polar surface area (TPSA) is 126 Å². The number of anilines is 1. The monoisotopic (exact) mass is 510 g/mol. The summed E-state index contributed by atoms with van der Waals surface area (Å²) in [6.45, 7) is 3.03. The maximum absolute atomic E-state index is 14.0. The molecular weight excluding hydrogens is 480 g/mol. The first-order chi connectivity index (χ1) is 18.7. The number of benzene rings is 2. The van der Waals surface area contributed by atoms with E-state index < -0.39 is 0 Å². The van der Waals surface area contributed by atoms with Gasteiger partial charge in [0.25, 0.3) is 5.56 Å². The second-order valence-electron chi connectivity index (χ2n) is 9.43. The van der Waals surface area contributed by atoms with Crippen LogP contribution in [-0.2, 0) is 11.3 Å². The Hall–Kier alpha value is -4.15. The number of hydrogen-bond acceptors (Lipinski definition) is 8. The van der Waals surface area contributed by atoms with Gasteiger partial charge < -0.3 is 15.8 Å². The Labute approximate surface area is 219 Å². The highest BCUT2D eigenvalue weighted by Gasteiger charge is 2.24. The van der Waals surface area contributed by atoms with Crippen LogP contribution in [0.2, 0.25) is 0 Å². The lowest BCUT2D eigenvalue weighted by atomic mass is 10.1. The van der Waals surface area contributed by atoms with Crippen molar-refractivity contribution < 1.29 is 4.74 Å². The molecule has 2 atom stereocenters. The molecule has 0 amide bonds. The molecule has 10 heteroatoms. The Kier molecular flexibility index (Phi) is 6.57. The molecule has 194 valence electrons. The van der Waals surface area contributed by atoms with Crippen LogP contribution < -0.4 is 16.6 Å². The molecule has 0 bridgehead atoms. The number of imidazole rings is 1. The highest BCUT2D eigenvalue weighted by atomic mass is 16.5. The fourth-order valence-corrected chi connectivity index (χ4v) is 5.17. The number of rotatable bonds is 7. The van der Waals surface area contributed by atoms with Gasteiger partial charge in [-0.2, -0.15) is 0 Å². The second-order valence-corrected chi connectivity index (χ2v) is 9.43. The van der Waals surface area contributed by atoms with Gasteiger partial charge in [0.2, 0.25) is 0 Å². The van der Waals surface area contributed by atoms with Crippen LogP contribution in [0.25, 0.3) is 27.8 Å². The molecule has 6 rings (SSSR count). The third kappa shape index (κ3) is 4.21. The van der Waals surface area contributed by atoms with E-state index in [9.17, 15) is 4.79 Å². The van der Waals surface area contributed by atoms with Gasteiger partial charge in [-0.05, 0) is 49.4 Å². The van der Waals surface area contributed by atoms with Gasteiger partial charge in [-0.3, -0.25) is 13.9 Å². The van der Waals surface area contributed by atoms with Crippen molar-refractivity contribution in [2.24, 2.45) is 5.73 Å². The number of nitrogens with zero attached hydrogens (tertiary/aromatic N) is 6. The van der Waals surface area contributed by atoms with Gasteiger partial charge in [0.15, 0.2) is 17.0 Å². The average Bonchev–Trinajstić information content (AvgIpc) is 3.41. The number of ether oxygens (including phenoxy) is 1. The molecule has 2 aromatic carbocycles. The Bertz CT molecular complexity index is 1640. The minimum Gasteiger partial charge on any atom is -0.358 e. The molecule has 0 spiro atoms. The van der Waals surface area contributed by atoms with E-state index in [-0.39, 0.29) is 24.4 Å². The van der Waals surface area contributed by atoms with Gasteiger partial charge >= 0.3 is 0 Å². The lowest BCUT2D eigenvalue weighted by molar-refractivity contribution is -0.0298. The predicted octanol–water partition coefficient (Wildman–Crippen LogP) is 4.25. The van der Waals surface area contributed by atoms with Crippen LogP contribution in [-0.4, -0.2) is 35.7 Å². The maximum Gasteiger partial charge on any atom is 0.266 e. The largest absolute Gasteiger partial charge is 0.358 e. The minimum atomic E-state index is -0.331. The van der Waals surface area contributed by atoms with Crippen molar-refractivity contribution in [3.8, 4) is 5.69 Å². The summed E-state index contributed by atoms with van der Waals surface area (Å²) in [6.07, 6.45) is 6.96. The second kappa shape index (κ2) is 10.3. The van der Waals surface area contributed by atoms with Crippen molar-refractivity contribution >= 4 is 27.9 Å². The number of nitrogens with one attached hydrogen (secondary N) is 1. The summed E-state index contributed by atoms with van der Waals surface area (Å²) in [4.78, 5) is 32.7. The van der Waals surface area contributed by atoms with Crippen molar-refractivity contribution in [1.29, 1.82) is 0 Å². The molecule has 1 fully saturated rings. The molecule has 1 aliphatic rings. The normalized spacial score (nSPS) is 16.6. The van der Waals surface area contributed by atoms with Crippen LogP contribution in [0, 0.1) is 0 Å². The molecule has 0 aliphatic carbocycles. The first-order valence-corrected chi connectivity index (χ1v) is 13.0. The standard InChI is InChI=1S/C28H30N8O2/c1-2-20(33-25-24-27(31-16-30-25)35(17-32-24)22-13-6-7-14-38-22)26-34-21-12-8-9-18(15-29)23(21)28(37)36(26)19-10-4-3-5-11-19/h3-5,8-12,16-17,20,22H,2,6-7,13-15,29H2,1H3,(H,30,31,33). The van der Waals surface area contributed by atoms with Gasteiger partial charge in [0.05, 0.1) is 29.0 Å². The summed E-state index contributed by atoms with van der Waals surface area (Å²) < 4.78 is 9.62. The highest BCUT2D eigenvalue weighted by Crippen LogP contribution is 2.30. The zero-order valence-electron chi connectivity index (χ0n) is 21.2. The van der Waals surface area contributed by atoms with Crippen LogP contribution in [0.15, 0.2) is 66.0 Å². The van der Waals surface area contributed by atoms with Gasteiger partial charge in [0, 0.05) is 13.2 Å². The molecule has 4 heterocycles. The van der Waals surface area contributed by atoms with E-state index in [1.807, 2.05) is 60.0 Å². The number of hydrogen-bond donors (Lipinski definition) is 2. The quantitative estimate of drug-likeness (QED) is 0.333. The summed E-state index contributed by atoms with van der Waals surface area (Å²) in [5, 5.41) is 4.06. The molecule has 1 aliphatic heterocycles. The molecule has 5 aromatic rings. The summed E-state index contributed by atoms with van der Waals surface area (Å²) in [5.41, 5.74) is 9.33. The van der Waals surface area contributed by atoms with E-state index in [4.69, 9.17) is 15.5 Å². The van der Waals surface area contributed by atoms with Gasteiger partial charge in [0.1, 0.15) is 18.4 Å². The molecule has 0 radical (unpaired) electrons. The fraction of sp³-hybridized carbons (Fsp3) is 0.321. The van der Waals surface area contributed by atoms with E-state index in [0.29, 0.717) is 40.1 Å². The molecule has 3 N–H and O–H groups in total. The van der Waals surface area contributed by atoms with E-state index in [0.717, 1.165) is 37.1 Å². The molecule has 3 aromatic heterocycles. The Balaban J connectivity index is 1.48.